The van der Waals surface area contributed by atoms with Gasteiger partial charge in [-0.15, -0.1) is 0 Å². The predicted molar refractivity (Wildman–Crippen MR) is 80.6 cm³/mol. The van der Waals surface area contributed by atoms with Gasteiger partial charge in [0.15, 0.2) is 0 Å². The Balaban J connectivity index is 2.30. The maximum absolute atomic E-state index is 5.72. The van der Waals surface area contributed by atoms with Crippen LogP contribution in [0.1, 0.15) is 26.0 Å². The van der Waals surface area contributed by atoms with Crippen LogP contribution < -0.4 is 5.73 Å². The van der Waals surface area contributed by atoms with E-state index in [-0.39, 0.29) is 5.41 Å². The van der Waals surface area contributed by atoms with E-state index in [9.17, 15) is 0 Å². The molecule has 1 aromatic heterocycles. The average molecular weight is 265 g/mol. The highest BCUT2D eigenvalue weighted by Gasteiger charge is 2.21. The van der Waals surface area contributed by atoms with Gasteiger partial charge in [-0.25, -0.2) is 0 Å². The lowest BCUT2D eigenvalue weighted by Gasteiger charge is -2.26. The fourth-order valence-electron chi connectivity index (χ4n) is 1.56. The van der Waals surface area contributed by atoms with Gasteiger partial charge in [0.1, 0.15) is 0 Å². The lowest BCUT2D eigenvalue weighted by atomic mass is 9.89. The molecule has 100 valence electrons. The van der Waals surface area contributed by atoms with Crippen molar-refractivity contribution in [1.29, 1.82) is 0 Å². The summed E-state index contributed by atoms with van der Waals surface area (Å²) in [5.74, 6) is 0. The number of nitrogens with zero attached hydrogens (tertiary/aromatic N) is 2. The van der Waals surface area contributed by atoms with Crippen molar-refractivity contribution in [2.24, 2.45) is 11.1 Å². The second kappa shape index (κ2) is 6.81. The van der Waals surface area contributed by atoms with Gasteiger partial charge >= 0.3 is 0 Å². The van der Waals surface area contributed by atoms with Crippen LogP contribution in [0.15, 0.2) is 24.4 Å². The van der Waals surface area contributed by atoms with Gasteiger partial charge in [-0.05, 0) is 32.1 Å². The summed E-state index contributed by atoms with van der Waals surface area (Å²) in [4.78, 5) is 7.22. The quantitative estimate of drug-likeness (QED) is 0.768. The molecule has 18 heavy (non-hydrogen) atoms. The second-order valence-electron chi connectivity index (χ2n) is 5.37. The molecule has 0 bridgehead atoms. The topological polar surface area (TPSA) is 42.2 Å². The standard InChI is InChI=1S/C14H23N3S/c1-14(2,13(15)18)8-11-17(3)10-7-12-6-4-5-9-16-12/h4-6,9H,7-8,10-11H2,1-3H3,(H2,15,18). The number of nitrogens with two attached hydrogens (primary N) is 1. The Morgan fingerprint density at radius 1 is 1.39 bits per heavy atom. The number of hydrogen-bond donors (Lipinski definition) is 1. The first kappa shape index (κ1) is 15.1. The Morgan fingerprint density at radius 2 is 2.11 bits per heavy atom. The summed E-state index contributed by atoms with van der Waals surface area (Å²) in [5.41, 5.74) is 6.80. The van der Waals surface area contributed by atoms with Crippen molar-refractivity contribution in [1.82, 2.24) is 9.88 Å². The third-order valence-corrected chi connectivity index (χ3v) is 3.81. The molecule has 0 unspecified atom stereocenters. The minimum Gasteiger partial charge on any atom is -0.393 e. The molecule has 0 atom stereocenters. The van der Waals surface area contributed by atoms with Gasteiger partial charge in [-0.1, -0.05) is 32.1 Å². The van der Waals surface area contributed by atoms with E-state index in [0.717, 1.165) is 31.6 Å². The smallest absolute Gasteiger partial charge is 0.0784 e. The van der Waals surface area contributed by atoms with Crippen LogP contribution in [0.4, 0.5) is 0 Å². The number of thiocarbonyl (C=S) groups is 1. The molecule has 0 saturated heterocycles. The van der Waals surface area contributed by atoms with Crippen molar-refractivity contribution in [3.63, 3.8) is 0 Å². The zero-order valence-corrected chi connectivity index (χ0v) is 12.3. The molecule has 0 fully saturated rings. The molecule has 1 heterocycles. The summed E-state index contributed by atoms with van der Waals surface area (Å²) in [5, 5.41) is 0. The third-order valence-electron chi connectivity index (χ3n) is 3.26. The highest BCUT2D eigenvalue weighted by molar-refractivity contribution is 7.80. The maximum Gasteiger partial charge on any atom is 0.0784 e. The molecule has 0 spiro atoms. The monoisotopic (exact) mass is 265 g/mol. The number of likely N-dealkylation sites (N-methyl/N-ethyl adjacent to an activating group) is 1. The van der Waals surface area contributed by atoms with Gasteiger partial charge in [0.05, 0.1) is 4.99 Å². The van der Waals surface area contributed by atoms with Crippen LogP contribution in [0.25, 0.3) is 0 Å². The summed E-state index contributed by atoms with van der Waals surface area (Å²) in [6.45, 7) is 6.20. The molecule has 4 heteroatoms. The van der Waals surface area contributed by atoms with Crippen LogP contribution in [-0.4, -0.2) is 35.0 Å². The van der Waals surface area contributed by atoms with E-state index in [4.69, 9.17) is 18.0 Å². The highest BCUT2D eigenvalue weighted by atomic mass is 32.1. The van der Waals surface area contributed by atoms with Gasteiger partial charge < -0.3 is 10.6 Å². The molecule has 0 aliphatic carbocycles. The van der Waals surface area contributed by atoms with Crippen molar-refractivity contribution in [3.8, 4) is 0 Å². The number of rotatable bonds is 7. The molecule has 0 amide bonds. The summed E-state index contributed by atoms with van der Waals surface area (Å²) < 4.78 is 0. The fraction of sp³-hybridized carbons (Fsp3) is 0.571. The van der Waals surface area contributed by atoms with Crippen LogP contribution >= 0.6 is 12.2 Å². The zero-order valence-electron chi connectivity index (χ0n) is 11.5. The minimum absolute atomic E-state index is 0.0609. The Labute approximate surface area is 115 Å². The van der Waals surface area contributed by atoms with Gasteiger partial charge in [-0.3, -0.25) is 4.98 Å². The molecule has 2 N–H and O–H groups in total. The predicted octanol–water partition coefficient (Wildman–Crippen LogP) is 2.26. The molecule has 0 aliphatic rings. The van der Waals surface area contributed by atoms with E-state index in [1.165, 1.54) is 0 Å². The van der Waals surface area contributed by atoms with E-state index < -0.39 is 0 Å². The number of hydrogen-bond acceptors (Lipinski definition) is 3. The SMILES string of the molecule is CN(CCc1ccccn1)CCC(C)(C)C(N)=S. The third kappa shape index (κ3) is 5.10. The van der Waals surface area contributed by atoms with Crippen LogP contribution in [0.3, 0.4) is 0 Å². The van der Waals surface area contributed by atoms with Crippen LogP contribution in [0.5, 0.6) is 0 Å². The van der Waals surface area contributed by atoms with E-state index in [1.54, 1.807) is 0 Å². The van der Waals surface area contributed by atoms with Crippen molar-refractivity contribution < 1.29 is 0 Å². The lowest BCUT2D eigenvalue weighted by molar-refractivity contribution is 0.294. The summed E-state index contributed by atoms with van der Waals surface area (Å²) >= 11 is 5.07. The van der Waals surface area contributed by atoms with Gasteiger partial charge in [-0.2, -0.15) is 0 Å². The van der Waals surface area contributed by atoms with Crippen molar-refractivity contribution >= 4 is 17.2 Å². The largest absolute Gasteiger partial charge is 0.393 e. The van der Waals surface area contributed by atoms with E-state index in [0.29, 0.717) is 4.99 Å². The second-order valence-corrected chi connectivity index (χ2v) is 5.81. The van der Waals surface area contributed by atoms with Crippen LogP contribution in [0, 0.1) is 5.41 Å². The van der Waals surface area contributed by atoms with Gasteiger partial charge in [0.2, 0.25) is 0 Å². The summed E-state index contributed by atoms with van der Waals surface area (Å²) in [6.07, 6.45) is 3.80. The van der Waals surface area contributed by atoms with Crippen molar-refractivity contribution in [2.75, 3.05) is 20.1 Å². The lowest BCUT2D eigenvalue weighted by Crippen LogP contribution is -2.34. The zero-order chi connectivity index (χ0) is 13.6. The Kier molecular flexibility index (Phi) is 5.69. The molecule has 0 saturated carbocycles. The molecule has 3 nitrogen and oxygen atoms in total. The first-order valence-corrected chi connectivity index (χ1v) is 6.71. The summed E-state index contributed by atoms with van der Waals surface area (Å²) in [6, 6.07) is 6.03. The Morgan fingerprint density at radius 3 is 2.67 bits per heavy atom. The molecule has 0 radical (unpaired) electrons. The molecule has 0 aliphatic heterocycles. The van der Waals surface area contributed by atoms with E-state index in [1.807, 2.05) is 18.3 Å². The van der Waals surface area contributed by atoms with Gasteiger partial charge in [0.25, 0.3) is 0 Å². The van der Waals surface area contributed by atoms with Crippen molar-refractivity contribution in [3.05, 3.63) is 30.1 Å². The molecule has 0 aromatic carbocycles. The number of aromatic nitrogens is 1. The molecule has 1 aromatic rings. The maximum atomic E-state index is 5.72. The minimum atomic E-state index is -0.0609. The van der Waals surface area contributed by atoms with Crippen molar-refractivity contribution in [2.45, 2.75) is 26.7 Å². The average Bonchev–Trinajstić information content (AvgIpc) is 2.35. The van der Waals surface area contributed by atoms with Gasteiger partial charge in [0, 0.05) is 30.3 Å². The molecular weight excluding hydrogens is 242 g/mol. The highest BCUT2D eigenvalue weighted by Crippen LogP contribution is 2.20. The fourth-order valence-corrected chi connectivity index (χ4v) is 1.66. The van der Waals surface area contributed by atoms with Crippen LogP contribution in [0.2, 0.25) is 0 Å². The normalized spacial score (nSPS) is 11.8. The first-order chi connectivity index (χ1) is 8.42. The number of pyridine rings is 1. The molecule has 1 rings (SSSR count). The molecular formula is C14H23N3S. The van der Waals surface area contributed by atoms with E-state index >= 15 is 0 Å². The Hall–Kier alpha value is -1.00. The first-order valence-electron chi connectivity index (χ1n) is 6.30. The Bertz CT molecular complexity index is 376. The van der Waals surface area contributed by atoms with Crippen LogP contribution in [-0.2, 0) is 6.42 Å². The summed E-state index contributed by atoms with van der Waals surface area (Å²) in [7, 11) is 2.12. The van der Waals surface area contributed by atoms with E-state index in [2.05, 4.69) is 36.8 Å².